The van der Waals surface area contributed by atoms with E-state index in [2.05, 4.69) is 10.2 Å². The topological polar surface area (TPSA) is 65.1 Å². The van der Waals surface area contributed by atoms with E-state index < -0.39 is 0 Å². The molecule has 5 aromatic rings. The van der Waals surface area contributed by atoms with Gasteiger partial charge in [0.25, 0.3) is 0 Å². The van der Waals surface area contributed by atoms with Crippen molar-refractivity contribution in [3.05, 3.63) is 103 Å². The first-order valence-corrected chi connectivity index (χ1v) is 10.3. The number of hydrogen-bond donors (Lipinski definition) is 1. The van der Waals surface area contributed by atoms with Gasteiger partial charge in [-0.05, 0) is 98.3 Å². The maximum absolute atomic E-state index is 9.85. The van der Waals surface area contributed by atoms with Crippen LogP contribution < -0.4 is 4.74 Å². The molecule has 0 atom stereocenters. The standard InChI is InChI=1S/C26H22N4O2/c1-18-15-20(17-23(31)16-18)26-12-14-30(28-26)22-5-9-25(10-6-22)32-24-7-3-21(4-8-24)29-13-11-19(2)27-29/h3-17,31H,1-2H3. The maximum Gasteiger partial charge on any atom is 0.127 e. The lowest BCUT2D eigenvalue weighted by atomic mass is 10.1. The smallest absolute Gasteiger partial charge is 0.127 e. The van der Waals surface area contributed by atoms with Crippen molar-refractivity contribution in [2.75, 3.05) is 0 Å². The molecule has 0 aliphatic rings. The number of phenolic OH excluding ortho intramolecular Hbond substituents is 1. The van der Waals surface area contributed by atoms with Gasteiger partial charge in [-0.1, -0.05) is 0 Å². The summed E-state index contributed by atoms with van der Waals surface area (Å²) in [4.78, 5) is 0. The lowest BCUT2D eigenvalue weighted by Crippen LogP contribution is -1.96. The molecule has 0 unspecified atom stereocenters. The van der Waals surface area contributed by atoms with Crippen LogP contribution in [0.3, 0.4) is 0 Å². The van der Waals surface area contributed by atoms with Crippen molar-refractivity contribution in [1.82, 2.24) is 19.6 Å². The highest BCUT2D eigenvalue weighted by molar-refractivity contribution is 5.62. The Labute approximate surface area is 186 Å². The summed E-state index contributed by atoms with van der Waals surface area (Å²) in [5, 5.41) is 18.9. The fraction of sp³-hybridized carbons (Fsp3) is 0.0769. The van der Waals surface area contributed by atoms with E-state index in [-0.39, 0.29) is 5.75 Å². The lowest BCUT2D eigenvalue weighted by Gasteiger charge is -2.08. The van der Waals surface area contributed by atoms with Gasteiger partial charge in [-0.2, -0.15) is 10.2 Å². The number of nitrogens with zero attached hydrogens (tertiary/aromatic N) is 4. The number of aromatic nitrogens is 4. The fourth-order valence-electron chi connectivity index (χ4n) is 3.56. The van der Waals surface area contributed by atoms with Crippen LogP contribution in [0.4, 0.5) is 0 Å². The van der Waals surface area contributed by atoms with Crippen LogP contribution in [-0.4, -0.2) is 24.7 Å². The SMILES string of the molecule is Cc1cc(O)cc(-c2ccn(-c3ccc(Oc4ccc(-n5ccc(C)n5)cc4)cc3)n2)c1. The Morgan fingerprint density at radius 1 is 0.688 bits per heavy atom. The van der Waals surface area contributed by atoms with Gasteiger partial charge in [0.15, 0.2) is 0 Å². The Bertz CT molecular complexity index is 1350. The second kappa shape index (κ2) is 8.07. The van der Waals surface area contributed by atoms with Gasteiger partial charge >= 0.3 is 0 Å². The number of phenols is 1. The van der Waals surface area contributed by atoms with Gasteiger partial charge in [-0.25, -0.2) is 9.36 Å². The average molecular weight is 422 g/mol. The van der Waals surface area contributed by atoms with Crippen molar-refractivity contribution in [2.45, 2.75) is 13.8 Å². The van der Waals surface area contributed by atoms with E-state index in [1.165, 1.54) is 0 Å². The second-order valence-electron chi connectivity index (χ2n) is 7.69. The second-order valence-corrected chi connectivity index (χ2v) is 7.69. The zero-order valence-electron chi connectivity index (χ0n) is 17.8. The predicted molar refractivity (Wildman–Crippen MR) is 124 cm³/mol. The highest BCUT2D eigenvalue weighted by Crippen LogP contribution is 2.26. The molecular formula is C26H22N4O2. The Hall–Kier alpha value is -4.32. The molecule has 0 fully saturated rings. The Morgan fingerprint density at radius 3 is 1.84 bits per heavy atom. The number of rotatable bonds is 5. The molecule has 6 nitrogen and oxygen atoms in total. The third-order valence-corrected chi connectivity index (χ3v) is 5.11. The molecule has 0 amide bonds. The maximum atomic E-state index is 9.85. The van der Waals surface area contributed by atoms with Crippen LogP contribution >= 0.6 is 0 Å². The van der Waals surface area contributed by atoms with Crippen molar-refractivity contribution >= 4 is 0 Å². The number of aromatic hydroxyl groups is 1. The lowest BCUT2D eigenvalue weighted by molar-refractivity contribution is 0.475. The van der Waals surface area contributed by atoms with Crippen LogP contribution in [-0.2, 0) is 0 Å². The number of aryl methyl sites for hydroxylation is 2. The van der Waals surface area contributed by atoms with Crippen LogP contribution in [0.5, 0.6) is 17.2 Å². The summed E-state index contributed by atoms with van der Waals surface area (Å²) >= 11 is 0. The molecule has 5 rings (SSSR count). The molecule has 158 valence electrons. The molecular weight excluding hydrogens is 400 g/mol. The van der Waals surface area contributed by atoms with E-state index in [0.29, 0.717) is 0 Å². The molecule has 0 aliphatic carbocycles. The van der Waals surface area contributed by atoms with E-state index in [1.807, 2.05) is 97.7 Å². The molecule has 1 N–H and O–H groups in total. The highest BCUT2D eigenvalue weighted by atomic mass is 16.5. The largest absolute Gasteiger partial charge is 0.508 e. The molecule has 0 saturated heterocycles. The van der Waals surface area contributed by atoms with E-state index in [1.54, 1.807) is 16.8 Å². The molecule has 2 heterocycles. The van der Waals surface area contributed by atoms with E-state index in [0.717, 1.165) is 45.4 Å². The van der Waals surface area contributed by atoms with Crippen molar-refractivity contribution in [1.29, 1.82) is 0 Å². The van der Waals surface area contributed by atoms with Crippen LogP contribution in [0, 0.1) is 13.8 Å². The third-order valence-electron chi connectivity index (χ3n) is 5.11. The molecule has 0 saturated carbocycles. The minimum atomic E-state index is 0.240. The molecule has 0 radical (unpaired) electrons. The van der Waals surface area contributed by atoms with Crippen LogP contribution in [0.2, 0.25) is 0 Å². The highest BCUT2D eigenvalue weighted by Gasteiger charge is 2.07. The summed E-state index contributed by atoms with van der Waals surface area (Å²) in [7, 11) is 0. The minimum absolute atomic E-state index is 0.240. The summed E-state index contributed by atoms with van der Waals surface area (Å²) in [5.74, 6) is 1.74. The van der Waals surface area contributed by atoms with Crippen molar-refractivity contribution in [3.8, 4) is 39.9 Å². The van der Waals surface area contributed by atoms with Gasteiger partial charge < -0.3 is 9.84 Å². The Morgan fingerprint density at radius 2 is 1.28 bits per heavy atom. The average Bonchev–Trinajstić information content (AvgIpc) is 3.44. The molecule has 32 heavy (non-hydrogen) atoms. The Kier molecular flexibility index (Phi) is 4.95. The first-order chi connectivity index (χ1) is 15.5. The Balaban J connectivity index is 1.30. The van der Waals surface area contributed by atoms with Crippen molar-refractivity contribution in [3.63, 3.8) is 0 Å². The third kappa shape index (κ3) is 4.11. The van der Waals surface area contributed by atoms with Crippen molar-refractivity contribution in [2.24, 2.45) is 0 Å². The van der Waals surface area contributed by atoms with Gasteiger partial charge in [0, 0.05) is 18.0 Å². The zero-order chi connectivity index (χ0) is 22.1. The molecule has 0 spiro atoms. The van der Waals surface area contributed by atoms with Gasteiger partial charge in [-0.3, -0.25) is 0 Å². The predicted octanol–water partition coefficient (Wildman–Crippen LogP) is 5.84. The summed E-state index contributed by atoms with van der Waals surface area (Å²) in [5.41, 5.74) is 5.56. The van der Waals surface area contributed by atoms with Crippen LogP contribution in [0.1, 0.15) is 11.3 Å². The quantitative estimate of drug-likeness (QED) is 0.386. The first kappa shape index (κ1) is 19.6. The van der Waals surface area contributed by atoms with E-state index >= 15 is 0 Å². The first-order valence-electron chi connectivity index (χ1n) is 10.3. The van der Waals surface area contributed by atoms with Gasteiger partial charge in [-0.15, -0.1) is 0 Å². The summed E-state index contributed by atoms with van der Waals surface area (Å²) in [6, 6.07) is 24.9. The number of ether oxygens (including phenoxy) is 1. The molecule has 6 heteroatoms. The minimum Gasteiger partial charge on any atom is -0.508 e. The van der Waals surface area contributed by atoms with Gasteiger partial charge in [0.2, 0.25) is 0 Å². The normalized spacial score (nSPS) is 10.9. The van der Waals surface area contributed by atoms with Gasteiger partial charge in [0.05, 0.1) is 22.8 Å². The van der Waals surface area contributed by atoms with Crippen LogP contribution in [0.15, 0.2) is 91.3 Å². The molecule has 3 aromatic carbocycles. The summed E-state index contributed by atoms with van der Waals surface area (Å²) in [6.07, 6.45) is 3.84. The summed E-state index contributed by atoms with van der Waals surface area (Å²) < 4.78 is 9.62. The van der Waals surface area contributed by atoms with Gasteiger partial charge in [0.1, 0.15) is 17.2 Å². The molecule has 0 bridgehead atoms. The monoisotopic (exact) mass is 422 g/mol. The van der Waals surface area contributed by atoms with Crippen LogP contribution in [0.25, 0.3) is 22.6 Å². The summed E-state index contributed by atoms with van der Waals surface area (Å²) in [6.45, 7) is 3.92. The van der Waals surface area contributed by atoms with E-state index in [4.69, 9.17) is 4.74 Å². The zero-order valence-corrected chi connectivity index (χ0v) is 17.8. The number of hydrogen-bond acceptors (Lipinski definition) is 4. The fourth-order valence-corrected chi connectivity index (χ4v) is 3.56. The van der Waals surface area contributed by atoms with Crippen molar-refractivity contribution < 1.29 is 9.84 Å². The molecule has 2 aromatic heterocycles. The number of benzene rings is 3. The van der Waals surface area contributed by atoms with E-state index in [9.17, 15) is 5.11 Å². The molecule has 0 aliphatic heterocycles.